The number of pyridine rings is 2. The molecule has 0 saturated heterocycles. The van der Waals surface area contributed by atoms with Crippen molar-refractivity contribution in [2.24, 2.45) is 0 Å². The van der Waals surface area contributed by atoms with Crippen molar-refractivity contribution in [3.05, 3.63) is 52.4 Å². The second-order valence-corrected chi connectivity index (χ2v) is 4.58. The van der Waals surface area contributed by atoms with E-state index in [4.69, 9.17) is 7.85 Å². The lowest BCUT2D eigenvalue weighted by atomic mass is 10.0. The number of rotatable bonds is 1. The Kier molecular flexibility index (Phi) is 2.33. The number of fused-ring (bicyclic) bond motifs is 1. The fraction of sp³-hybridized carbons (Fsp3) is 0. The number of aromatic nitrogens is 2. The summed E-state index contributed by atoms with van der Waals surface area (Å²) < 4.78 is 2.57. The molecular formula is C12H7BN2OS. The molecule has 0 unspecified atom stereocenters. The van der Waals surface area contributed by atoms with Crippen LogP contribution in [0.2, 0.25) is 0 Å². The molecule has 0 spiro atoms. The van der Waals surface area contributed by atoms with Crippen LogP contribution in [0.5, 0.6) is 0 Å². The molecule has 5 heteroatoms. The van der Waals surface area contributed by atoms with Gasteiger partial charge in [-0.05, 0) is 35.2 Å². The van der Waals surface area contributed by atoms with E-state index in [0.29, 0.717) is 5.59 Å². The quantitative estimate of drug-likeness (QED) is 0.598. The summed E-state index contributed by atoms with van der Waals surface area (Å²) in [4.78, 5) is 16.2. The Labute approximate surface area is 103 Å². The molecule has 0 amide bonds. The van der Waals surface area contributed by atoms with Crippen LogP contribution in [-0.4, -0.2) is 17.4 Å². The van der Waals surface area contributed by atoms with Crippen molar-refractivity contribution in [2.75, 3.05) is 0 Å². The van der Waals surface area contributed by atoms with Crippen LogP contribution in [0.1, 0.15) is 0 Å². The summed E-state index contributed by atoms with van der Waals surface area (Å²) in [6, 6.07) is 7.23. The van der Waals surface area contributed by atoms with Crippen molar-refractivity contribution >= 4 is 34.9 Å². The van der Waals surface area contributed by atoms with Crippen LogP contribution in [0.3, 0.4) is 0 Å². The molecule has 3 heterocycles. The van der Waals surface area contributed by atoms with E-state index in [1.54, 1.807) is 40.4 Å². The zero-order valence-electron chi connectivity index (χ0n) is 8.83. The normalized spacial score (nSPS) is 10.8. The maximum Gasteiger partial charge on any atom is 0.263 e. The highest BCUT2D eigenvalue weighted by Crippen LogP contribution is 2.17. The molecule has 80 valence electrons. The largest absolute Gasteiger partial charge is 0.282 e. The SMILES string of the molecule is [B]c1ccc(-n2ccc3sccc3c2=O)cn1. The Bertz CT molecular complexity index is 730. The predicted octanol–water partition coefficient (Wildman–Crippen LogP) is 1.24. The Morgan fingerprint density at radius 3 is 2.88 bits per heavy atom. The molecule has 0 N–H and O–H groups in total. The molecule has 3 aromatic heterocycles. The van der Waals surface area contributed by atoms with E-state index in [1.165, 1.54) is 0 Å². The molecule has 0 aliphatic rings. The van der Waals surface area contributed by atoms with Crippen LogP contribution in [0, 0.1) is 0 Å². The fourth-order valence-corrected chi connectivity index (χ4v) is 2.48. The van der Waals surface area contributed by atoms with E-state index in [9.17, 15) is 4.79 Å². The van der Waals surface area contributed by atoms with Crippen LogP contribution in [0.4, 0.5) is 0 Å². The average molecular weight is 238 g/mol. The van der Waals surface area contributed by atoms with E-state index >= 15 is 0 Å². The smallest absolute Gasteiger partial charge is 0.263 e. The predicted molar refractivity (Wildman–Crippen MR) is 70.6 cm³/mol. The summed E-state index contributed by atoms with van der Waals surface area (Å²) in [5.41, 5.74) is 1.13. The average Bonchev–Trinajstić information content (AvgIpc) is 2.80. The van der Waals surface area contributed by atoms with Crippen LogP contribution in [-0.2, 0) is 0 Å². The van der Waals surface area contributed by atoms with Gasteiger partial charge in [0.05, 0.1) is 17.3 Å². The summed E-state index contributed by atoms with van der Waals surface area (Å²) in [6.07, 6.45) is 3.35. The van der Waals surface area contributed by atoms with Crippen molar-refractivity contribution in [3.63, 3.8) is 0 Å². The van der Waals surface area contributed by atoms with Crippen LogP contribution < -0.4 is 11.2 Å². The molecule has 0 aliphatic carbocycles. The van der Waals surface area contributed by atoms with Crippen molar-refractivity contribution in [1.29, 1.82) is 0 Å². The number of hydrogen-bond donors (Lipinski definition) is 0. The third-order valence-corrected chi connectivity index (χ3v) is 3.45. The van der Waals surface area contributed by atoms with Gasteiger partial charge in [0.1, 0.15) is 7.85 Å². The van der Waals surface area contributed by atoms with E-state index in [0.717, 1.165) is 15.8 Å². The highest BCUT2D eigenvalue weighted by Gasteiger charge is 2.05. The molecule has 0 fully saturated rings. The van der Waals surface area contributed by atoms with Crippen molar-refractivity contribution in [3.8, 4) is 5.69 Å². The van der Waals surface area contributed by atoms with E-state index < -0.39 is 0 Å². The first-order chi connectivity index (χ1) is 8.25. The molecular weight excluding hydrogens is 231 g/mol. The van der Waals surface area contributed by atoms with Gasteiger partial charge < -0.3 is 0 Å². The Morgan fingerprint density at radius 1 is 1.24 bits per heavy atom. The van der Waals surface area contributed by atoms with E-state index in [1.807, 2.05) is 17.5 Å². The molecule has 3 nitrogen and oxygen atoms in total. The Morgan fingerprint density at radius 2 is 2.12 bits per heavy atom. The first-order valence-electron chi connectivity index (χ1n) is 5.06. The molecule has 0 atom stereocenters. The topological polar surface area (TPSA) is 34.9 Å². The van der Waals surface area contributed by atoms with Gasteiger partial charge in [-0.25, -0.2) is 0 Å². The Hall–Kier alpha value is -1.88. The van der Waals surface area contributed by atoms with Gasteiger partial charge in [0, 0.05) is 10.9 Å². The third-order valence-electron chi connectivity index (χ3n) is 2.57. The molecule has 0 aromatic carbocycles. The molecule has 0 aliphatic heterocycles. The van der Waals surface area contributed by atoms with Crippen LogP contribution >= 0.6 is 11.3 Å². The number of nitrogens with zero attached hydrogens (tertiary/aromatic N) is 2. The number of hydrogen-bond acceptors (Lipinski definition) is 3. The van der Waals surface area contributed by atoms with Crippen LogP contribution in [0.15, 0.2) is 46.8 Å². The first kappa shape index (κ1) is 10.3. The molecule has 3 rings (SSSR count). The van der Waals surface area contributed by atoms with Gasteiger partial charge in [-0.2, -0.15) is 0 Å². The minimum Gasteiger partial charge on any atom is -0.282 e. The maximum absolute atomic E-state index is 12.2. The zero-order chi connectivity index (χ0) is 11.8. The maximum atomic E-state index is 12.2. The summed E-state index contributed by atoms with van der Waals surface area (Å²) in [6.45, 7) is 0. The lowest BCUT2D eigenvalue weighted by molar-refractivity contribution is 0.999. The monoisotopic (exact) mass is 238 g/mol. The first-order valence-corrected chi connectivity index (χ1v) is 5.94. The summed E-state index contributed by atoms with van der Waals surface area (Å²) in [5, 5.41) is 2.65. The summed E-state index contributed by atoms with van der Waals surface area (Å²) in [5.74, 6) is 0. The standard InChI is InChI=1S/C12H7BN2OS/c13-11-2-1-8(7-14-11)15-5-3-10-9(12(15)16)4-6-17-10/h1-7H. The van der Waals surface area contributed by atoms with Crippen molar-refractivity contribution < 1.29 is 0 Å². The molecule has 3 aromatic rings. The molecule has 17 heavy (non-hydrogen) atoms. The van der Waals surface area contributed by atoms with Gasteiger partial charge in [-0.3, -0.25) is 14.3 Å². The minimum absolute atomic E-state index is 0.0321. The highest BCUT2D eigenvalue weighted by molar-refractivity contribution is 7.17. The van der Waals surface area contributed by atoms with Gasteiger partial charge in [-0.1, -0.05) is 0 Å². The molecule has 0 bridgehead atoms. The lowest BCUT2D eigenvalue weighted by Gasteiger charge is -2.05. The van der Waals surface area contributed by atoms with Gasteiger partial charge in [0.15, 0.2) is 0 Å². The third kappa shape index (κ3) is 1.68. The minimum atomic E-state index is -0.0321. The van der Waals surface area contributed by atoms with E-state index in [-0.39, 0.29) is 5.56 Å². The second kappa shape index (κ2) is 3.85. The van der Waals surface area contributed by atoms with Gasteiger partial charge in [-0.15, -0.1) is 11.3 Å². The highest BCUT2D eigenvalue weighted by atomic mass is 32.1. The zero-order valence-corrected chi connectivity index (χ0v) is 9.65. The van der Waals surface area contributed by atoms with Gasteiger partial charge >= 0.3 is 0 Å². The summed E-state index contributed by atoms with van der Waals surface area (Å²) >= 11 is 1.56. The summed E-state index contributed by atoms with van der Waals surface area (Å²) in [7, 11) is 5.52. The van der Waals surface area contributed by atoms with Gasteiger partial charge in [0.25, 0.3) is 5.56 Å². The van der Waals surface area contributed by atoms with Gasteiger partial charge in [0.2, 0.25) is 0 Å². The molecule has 2 radical (unpaired) electrons. The molecule has 0 saturated carbocycles. The number of thiophene rings is 1. The fourth-order valence-electron chi connectivity index (χ4n) is 1.71. The van der Waals surface area contributed by atoms with E-state index in [2.05, 4.69) is 4.98 Å². The van der Waals surface area contributed by atoms with Crippen molar-refractivity contribution in [2.45, 2.75) is 0 Å². The van der Waals surface area contributed by atoms with Crippen molar-refractivity contribution in [1.82, 2.24) is 9.55 Å². The second-order valence-electron chi connectivity index (χ2n) is 3.63. The Balaban J connectivity index is 2.27. The lowest BCUT2D eigenvalue weighted by Crippen LogP contribution is -2.18. The van der Waals surface area contributed by atoms with Crippen LogP contribution in [0.25, 0.3) is 15.8 Å².